The fourth-order valence-corrected chi connectivity index (χ4v) is 3.24. The van der Waals surface area contributed by atoms with Crippen molar-refractivity contribution in [2.24, 2.45) is 0 Å². The molecule has 1 atom stereocenters. The van der Waals surface area contributed by atoms with E-state index in [9.17, 15) is 24.8 Å². The molecule has 1 unspecified atom stereocenters. The standard InChI is InChI=1S/C18H18N4O5/c1-12(23)15-16(13-4-2-5-14(10-13)22(26)27)21(18(25)17(15)24)8-3-7-20-9-6-19-11-20/h2,4-6,9-11,16,24H,3,7-8H2,1H3. The number of ketones is 1. The fourth-order valence-electron chi connectivity index (χ4n) is 3.24. The van der Waals surface area contributed by atoms with Gasteiger partial charge in [-0.3, -0.25) is 19.7 Å². The number of benzene rings is 1. The lowest BCUT2D eigenvalue weighted by Gasteiger charge is -2.26. The van der Waals surface area contributed by atoms with Crippen molar-refractivity contribution in [1.29, 1.82) is 0 Å². The number of carbonyl (C=O) groups is 2. The van der Waals surface area contributed by atoms with Crippen LogP contribution in [0.5, 0.6) is 0 Å². The van der Waals surface area contributed by atoms with Crippen LogP contribution in [0.4, 0.5) is 5.69 Å². The summed E-state index contributed by atoms with van der Waals surface area (Å²) in [4.78, 5) is 40.5. The first-order valence-electron chi connectivity index (χ1n) is 8.35. The van der Waals surface area contributed by atoms with Gasteiger partial charge < -0.3 is 14.6 Å². The van der Waals surface area contributed by atoms with Gasteiger partial charge in [-0.25, -0.2) is 4.98 Å². The maximum Gasteiger partial charge on any atom is 0.290 e. The number of aryl methyl sites for hydroxylation is 1. The highest BCUT2D eigenvalue weighted by molar-refractivity contribution is 6.08. The predicted octanol–water partition coefficient (Wildman–Crippen LogP) is 2.17. The van der Waals surface area contributed by atoms with Crippen molar-refractivity contribution in [2.45, 2.75) is 25.9 Å². The zero-order chi connectivity index (χ0) is 19.6. The summed E-state index contributed by atoms with van der Waals surface area (Å²) in [7, 11) is 0. The van der Waals surface area contributed by atoms with E-state index in [2.05, 4.69) is 4.98 Å². The van der Waals surface area contributed by atoms with Gasteiger partial charge in [0.05, 0.1) is 22.9 Å². The van der Waals surface area contributed by atoms with E-state index in [0.29, 0.717) is 18.5 Å². The van der Waals surface area contributed by atoms with Crippen molar-refractivity contribution < 1.29 is 19.6 Å². The van der Waals surface area contributed by atoms with E-state index < -0.39 is 28.4 Å². The van der Waals surface area contributed by atoms with Gasteiger partial charge in [-0.15, -0.1) is 0 Å². The van der Waals surface area contributed by atoms with Crippen molar-refractivity contribution in [3.05, 3.63) is 70.0 Å². The van der Waals surface area contributed by atoms with E-state index in [4.69, 9.17) is 0 Å². The minimum Gasteiger partial charge on any atom is -0.503 e. The van der Waals surface area contributed by atoms with Crippen LogP contribution >= 0.6 is 0 Å². The van der Waals surface area contributed by atoms with E-state index in [1.807, 2.05) is 4.57 Å². The Kier molecular flexibility index (Phi) is 5.02. The van der Waals surface area contributed by atoms with Crippen LogP contribution in [0, 0.1) is 10.1 Å². The Balaban J connectivity index is 1.91. The van der Waals surface area contributed by atoms with Gasteiger partial charge >= 0.3 is 0 Å². The van der Waals surface area contributed by atoms with Crippen molar-refractivity contribution in [3.8, 4) is 0 Å². The Morgan fingerprint density at radius 3 is 2.78 bits per heavy atom. The highest BCUT2D eigenvalue weighted by Gasteiger charge is 2.42. The Morgan fingerprint density at radius 2 is 2.15 bits per heavy atom. The number of aromatic nitrogens is 2. The largest absolute Gasteiger partial charge is 0.503 e. The zero-order valence-corrected chi connectivity index (χ0v) is 14.6. The molecule has 0 saturated heterocycles. The Labute approximate surface area is 154 Å². The average molecular weight is 370 g/mol. The van der Waals surface area contributed by atoms with E-state index in [1.165, 1.54) is 30.0 Å². The second-order valence-electron chi connectivity index (χ2n) is 6.23. The molecule has 1 N–H and O–H groups in total. The molecule has 0 aliphatic carbocycles. The third-order valence-electron chi connectivity index (χ3n) is 4.45. The van der Waals surface area contributed by atoms with Gasteiger partial charge in [-0.1, -0.05) is 12.1 Å². The van der Waals surface area contributed by atoms with Crippen LogP contribution in [0.3, 0.4) is 0 Å². The van der Waals surface area contributed by atoms with Crippen molar-refractivity contribution >= 4 is 17.4 Å². The van der Waals surface area contributed by atoms with Gasteiger partial charge in [0.15, 0.2) is 11.5 Å². The molecule has 0 radical (unpaired) electrons. The number of amides is 1. The maximum absolute atomic E-state index is 12.5. The number of nitro benzene ring substituents is 1. The molecule has 1 aromatic heterocycles. The van der Waals surface area contributed by atoms with Crippen LogP contribution in [-0.2, 0) is 16.1 Å². The second kappa shape index (κ2) is 7.40. The van der Waals surface area contributed by atoms with Gasteiger partial charge in [0.2, 0.25) is 0 Å². The minimum absolute atomic E-state index is 0.0388. The quantitative estimate of drug-likeness (QED) is 0.589. The van der Waals surface area contributed by atoms with Gasteiger partial charge in [0.25, 0.3) is 11.6 Å². The summed E-state index contributed by atoms with van der Waals surface area (Å²) < 4.78 is 1.85. The molecule has 0 fully saturated rings. The van der Waals surface area contributed by atoms with Crippen LogP contribution in [0.2, 0.25) is 0 Å². The molecule has 2 heterocycles. The summed E-state index contributed by atoms with van der Waals surface area (Å²) in [6, 6.07) is 4.91. The van der Waals surface area contributed by atoms with Crippen LogP contribution in [0.15, 0.2) is 54.3 Å². The van der Waals surface area contributed by atoms with Gasteiger partial charge in [-0.2, -0.15) is 0 Å². The van der Waals surface area contributed by atoms with Gasteiger partial charge in [0, 0.05) is 37.6 Å². The number of aliphatic hydroxyl groups is 1. The average Bonchev–Trinajstić information content (AvgIpc) is 3.23. The predicted molar refractivity (Wildman–Crippen MR) is 94.7 cm³/mol. The molecule has 1 amide bonds. The van der Waals surface area contributed by atoms with Crippen molar-refractivity contribution in [3.63, 3.8) is 0 Å². The van der Waals surface area contributed by atoms with Gasteiger partial charge in [-0.05, 0) is 18.9 Å². The van der Waals surface area contributed by atoms with Crippen molar-refractivity contribution in [2.75, 3.05) is 6.54 Å². The molecule has 1 aromatic carbocycles. The highest BCUT2D eigenvalue weighted by atomic mass is 16.6. The third kappa shape index (κ3) is 3.57. The normalized spacial score (nSPS) is 16.9. The lowest BCUT2D eigenvalue weighted by Crippen LogP contribution is -2.32. The molecule has 27 heavy (non-hydrogen) atoms. The van der Waals surface area contributed by atoms with Crippen LogP contribution in [-0.4, -0.2) is 42.7 Å². The Bertz CT molecular complexity index is 920. The highest BCUT2D eigenvalue weighted by Crippen LogP contribution is 2.38. The molecule has 0 spiro atoms. The van der Waals surface area contributed by atoms with Gasteiger partial charge in [0.1, 0.15) is 0 Å². The Morgan fingerprint density at radius 1 is 1.37 bits per heavy atom. The summed E-state index contributed by atoms with van der Waals surface area (Å²) in [5.41, 5.74) is 0.227. The number of hydrogen-bond donors (Lipinski definition) is 1. The first-order valence-corrected chi connectivity index (χ1v) is 8.35. The number of Topliss-reactive ketones (excluding diaryl/α,β-unsaturated/α-hetero) is 1. The fraction of sp³-hybridized carbons (Fsp3) is 0.278. The summed E-state index contributed by atoms with van der Waals surface area (Å²) in [5, 5.41) is 21.3. The number of carbonyl (C=O) groups excluding carboxylic acids is 2. The second-order valence-corrected chi connectivity index (χ2v) is 6.23. The molecule has 9 heteroatoms. The molecular formula is C18H18N4O5. The number of aliphatic hydroxyl groups excluding tert-OH is 1. The lowest BCUT2D eigenvalue weighted by molar-refractivity contribution is -0.384. The smallest absolute Gasteiger partial charge is 0.290 e. The van der Waals surface area contributed by atoms with E-state index in [0.717, 1.165) is 0 Å². The summed E-state index contributed by atoms with van der Waals surface area (Å²) in [6.07, 6.45) is 5.65. The van der Waals surface area contributed by atoms with Crippen LogP contribution in [0.1, 0.15) is 24.9 Å². The minimum atomic E-state index is -0.849. The number of nitro groups is 1. The monoisotopic (exact) mass is 370 g/mol. The lowest BCUT2D eigenvalue weighted by atomic mass is 9.96. The molecule has 9 nitrogen and oxygen atoms in total. The molecular weight excluding hydrogens is 352 g/mol. The molecule has 0 saturated carbocycles. The molecule has 1 aliphatic heterocycles. The molecule has 0 bridgehead atoms. The first kappa shape index (κ1) is 18.3. The molecule has 140 valence electrons. The maximum atomic E-state index is 12.5. The summed E-state index contributed by atoms with van der Waals surface area (Å²) >= 11 is 0. The molecule has 1 aliphatic rings. The number of imidazole rings is 1. The summed E-state index contributed by atoms with van der Waals surface area (Å²) in [5.74, 6) is -1.70. The zero-order valence-electron chi connectivity index (χ0n) is 14.6. The van der Waals surface area contributed by atoms with E-state index >= 15 is 0 Å². The molecule has 2 aromatic rings. The Hall–Kier alpha value is -3.49. The third-order valence-corrected chi connectivity index (χ3v) is 4.45. The number of rotatable bonds is 7. The molecule has 3 rings (SSSR count). The van der Waals surface area contributed by atoms with E-state index in [1.54, 1.807) is 24.8 Å². The SMILES string of the molecule is CC(=O)C1=C(O)C(=O)N(CCCn2ccnc2)C1c1cccc([N+](=O)[O-])c1. The number of non-ortho nitro benzene ring substituents is 1. The van der Waals surface area contributed by atoms with Crippen molar-refractivity contribution in [1.82, 2.24) is 14.5 Å². The number of hydrogen-bond acceptors (Lipinski definition) is 6. The number of nitrogens with zero attached hydrogens (tertiary/aromatic N) is 4. The van der Waals surface area contributed by atoms with E-state index in [-0.39, 0.29) is 17.8 Å². The van der Waals surface area contributed by atoms with Crippen LogP contribution < -0.4 is 0 Å². The summed E-state index contributed by atoms with van der Waals surface area (Å²) in [6.45, 7) is 2.13. The topological polar surface area (TPSA) is 119 Å². The first-order chi connectivity index (χ1) is 12.9. The van der Waals surface area contributed by atoms with Crippen LogP contribution in [0.25, 0.3) is 0 Å².